The first-order valence-corrected chi connectivity index (χ1v) is 9.84. The number of benzene rings is 1. The van der Waals surface area contributed by atoms with Crippen LogP contribution in [0.4, 0.5) is 0 Å². The van der Waals surface area contributed by atoms with E-state index >= 15 is 0 Å². The van der Waals surface area contributed by atoms with Crippen molar-refractivity contribution in [2.75, 3.05) is 0 Å². The van der Waals surface area contributed by atoms with Crippen LogP contribution in [0.3, 0.4) is 0 Å². The Balaban J connectivity index is 1.65. The van der Waals surface area contributed by atoms with Crippen LogP contribution in [-0.4, -0.2) is 19.3 Å². The first kappa shape index (κ1) is 17.9. The monoisotopic (exact) mass is 406 g/mol. The number of halogens is 1. The highest BCUT2D eigenvalue weighted by Crippen LogP contribution is 2.30. The minimum Gasteiger partial charge on any atom is -0.360 e. The number of hydrogen-bond acceptors (Lipinski definition) is 4. The van der Waals surface area contributed by atoms with Gasteiger partial charge in [0.15, 0.2) is 5.82 Å². The van der Waals surface area contributed by atoms with E-state index in [0.717, 1.165) is 40.5 Å². The Morgan fingerprint density at radius 3 is 2.76 bits per heavy atom. The number of allylic oxidation sites excluding steroid dienone is 1. The molecule has 0 amide bonds. The van der Waals surface area contributed by atoms with Gasteiger partial charge in [-0.1, -0.05) is 16.8 Å². The number of aromatic nitrogens is 4. The van der Waals surface area contributed by atoms with E-state index in [4.69, 9.17) is 21.1 Å². The van der Waals surface area contributed by atoms with Gasteiger partial charge in [-0.05, 0) is 68.7 Å². The van der Waals surface area contributed by atoms with E-state index in [2.05, 4.69) is 28.8 Å². The Bertz CT molecular complexity index is 1370. The summed E-state index contributed by atoms with van der Waals surface area (Å²) in [7, 11) is 0. The van der Waals surface area contributed by atoms with Crippen molar-refractivity contribution < 1.29 is 4.52 Å². The third kappa shape index (κ3) is 2.83. The van der Waals surface area contributed by atoms with Crippen molar-refractivity contribution in [2.45, 2.75) is 33.7 Å². The minimum atomic E-state index is -0.0198. The van der Waals surface area contributed by atoms with Gasteiger partial charge in [-0.3, -0.25) is 13.9 Å². The number of fused-ring (bicyclic) bond motifs is 2. The Morgan fingerprint density at radius 1 is 1.17 bits per heavy atom. The molecule has 1 aliphatic rings. The van der Waals surface area contributed by atoms with Gasteiger partial charge >= 0.3 is 0 Å². The number of hydrogen-bond donors (Lipinski definition) is 0. The lowest BCUT2D eigenvalue weighted by Gasteiger charge is -2.06. The maximum atomic E-state index is 12.9. The molecule has 4 heterocycles. The van der Waals surface area contributed by atoms with Crippen molar-refractivity contribution in [2.24, 2.45) is 0 Å². The summed E-state index contributed by atoms with van der Waals surface area (Å²) in [6.45, 7) is 6.61. The lowest BCUT2D eigenvalue weighted by Crippen LogP contribution is -2.20. The maximum absolute atomic E-state index is 12.9. The average Bonchev–Trinajstić information content (AvgIpc) is 3.34. The standard InChI is InChI=1S/C22H19ClN4O2/c1-12-8-16(14(3)27(12)20-9-13(2)29-25-20)10-15-6-7-26-21(15)24-19-11-17(23)4-5-18(19)22(26)28/h4-5,8-11H,6-7H2,1-3H3/b15-10+. The van der Waals surface area contributed by atoms with Crippen molar-refractivity contribution in [3.05, 3.63) is 74.2 Å². The average molecular weight is 407 g/mol. The molecule has 146 valence electrons. The molecule has 0 fully saturated rings. The summed E-state index contributed by atoms with van der Waals surface area (Å²) in [6.07, 6.45) is 2.88. The zero-order valence-corrected chi connectivity index (χ0v) is 17.1. The number of rotatable bonds is 2. The van der Waals surface area contributed by atoms with Crippen LogP contribution in [0.5, 0.6) is 0 Å². The van der Waals surface area contributed by atoms with Crippen LogP contribution in [0.25, 0.3) is 28.4 Å². The van der Waals surface area contributed by atoms with Gasteiger partial charge in [0, 0.05) is 29.0 Å². The Morgan fingerprint density at radius 2 is 2.00 bits per heavy atom. The molecule has 0 radical (unpaired) electrons. The van der Waals surface area contributed by atoms with Crippen LogP contribution < -0.4 is 5.56 Å². The maximum Gasteiger partial charge on any atom is 0.261 e. The first-order chi connectivity index (χ1) is 13.9. The van der Waals surface area contributed by atoms with Gasteiger partial charge in [-0.15, -0.1) is 0 Å². The second-order valence-corrected chi connectivity index (χ2v) is 7.87. The largest absolute Gasteiger partial charge is 0.360 e. The van der Waals surface area contributed by atoms with Crippen molar-refractivity contribution in [3.8, 4) is 5.82 Å². The fraction of sp³-hybridized carbons (Fsp3) is 0.227. The summed E-state index contributed by atoms with van der Waals surface area (Å²) in [5.74, 6) is 2.25. The van der Waals surface area contributed by atoms with Crippen molar-refractivity contribution in [3.63, 3.8) is 0 Å². The van der Waals surface area contributed by atoms with Crippen molar-refractivity contribution in [1.29, 1.82) is 0 Å². The molecule has 4 aromatic rings. The van der Waals surface area contributed by atoms with Gasteiger partial charge in [0.05, 0.1) is 10.9 Å². The Kier molecular flexibility index (Phi) is 3.99. The van der Waals surface area contributed by atoms with Crippen LogP contribution in [-0.2, 0) is 6.54 Å². The number of aryl methyl sites for hydroxylation is 2. The van der Waals surface area contributed by atoms with Crippen LogP contribution >= 0.6 is 11.6 Å². The van der Waals surface area contributed by atoms with E-state index in [9.17, 15) is 4.79 Å². The first-order valence-electron chi connectivity index (χ1n) is 9.46. The summed E-state index contributed by atoms with van der Waals surface area (Å²) >= 11 is 6.11. The summed E-state index contributed by atoms with van der Waals surface area (Å²) in [5.41, 5.74) is 4.86. The van der Waals surface area contributed by atoms with Gasteiger partial charge in [-0.25, -0.2) is 4.98 Å². The predicted molar refractivity (Wildman–Crippen MR) is 114 cm³/mol. The lowest BCUT2D eigenvalue weighted by molar-refractivity contribution is 0.394. The quantitative estimate of drug-likeness (QED) is 0.484. The molecule has 3 aromatic heterocycles. The summed E-state index contributed by atoms with van der Waals surface area (Å²) in [6, 6.07) is 9.25. The highest BCUT2D eigenvalue weighted by Gasteiger charge is 2.22. The molecule has 6 nitrogen and oxygen atoms in total. The third-order valence-corrected chi connectivity index (χ3v) is 5.69. The van der Waals surface area contributed by atoms with E-state index in [-0.39, 0.29) is 5.56 Å². The van der Waals surface area contributed by atoms with E-state index < -0.39 is 0 Å². The lowest BCUT2D eigenvalue weighted by atomic mass is 10.1. The predicted octanol–water partition coefficient (Wildman–Crippen LogP) is 4.70. The fourth-order valence-corrected chi connectivity index (χ4v) is 4.23. The van der Waals surface area contributed by atoms with E-state index in [1.165, 1.54) is 0 Å². The van der Waals surface area contributed by atoms with Crippen LogP contribution in [0.15, 0.2) is 39.6 Å². The van der Waals surface area contributed by atoms with E-state index in [0.29, 0.717) is 28.3 Å². The molecule has 0 unspecified atom stereocenters. The highest BCUT2D eigenvalue weighted by atomic mass is 35.5. The van der Waals surface area contributed by atoms with Gasteiger partial charge in [0.2, 0.25) is 0 Å². The molecule has 7 heteroatoms. The minimum absolute atomic E-state index is 0.0198. The van der Waals surface area contributed by atoms with Gasteiger partial charge < -0.3 is 4.52 Å². The molecule has 0 N–H and O–H groups in total. The molecule has 5 rings (SSSR count). The molecule has 0 atom stereocenters. The summed E-state index contributed by atoms with van der Waals surface area (Å²) in [5, 5.41) is 5.31. The second-order valence-electron chi connectivity index (χ2n) is 7.43. The molecule has 0 bridgehead atoms. The molecular formula is C22H19ClN4O2. The van der Waals surface area contributed by atoms with Crippen LogP contribution in [0.2, 0.25) is 5.02 Å². The second kappa shape index (κ2) is 6.46. The fourth-order valence-electron chi connectivity index (χ4n) is 4.06. The molecule has 0 aliphatic carbocycles. The van der Waals surface area contributed by atoms with E-state index in [1.807, 2.05) is 19.9 Å². The molecule has 1 aromatic carbocycles. The Labute approximate surface area is 172 Å². The molecule has 1 aliphatic heterocycles. The summed E-state index contributed by atoms with van der Waals surface area (Å²) < 4.78 is 9.06. The van der Waals surface area contributed by atoms with Gasteiger partial charge in [0.25, 0.3) is 5.56 Å². The highest BCUT2D eigenvalue weighted by molar-refractivity contribution is 6.31. The normalized spacial score (nSPS) is 14.8. The zero-order chi connectivity index (χ0) is 20.3. The van der Waals surface area contributed by atoms with Crippen molar-refractivity contribution >= 4 is 34.2 Å². The van der Waals surface area contributed by atoms with Gasteiger partial charge in [-0.2, -0.15) is 0 Å². The third-order valence-electron chi connectivity index (χ3n) is 5.45. The summed E-state index contributed by atoms with van der Waals surface area (Å²) in [4.78, 5) is 17.6. The molecular weight excluding hydrogens is 388 g/mol. The smallest absolute Gasteiger partial charge is 0.261 e. The SMILES string of the molecule is Cc1cc(-n2c(C)cc(/C=C3\CCn4c3nc3cc(Cl)ccc3c4=O)c2C)no1. The van der Waals surface area contributed by atoms with E-state index in [1.54, 1.807) is 22.8 Å². The molecule has 0 saturated carbocycles. The molecule has 0 saturated heterocycles. The zero-order valence-electron chi connectivity index (χ0n) is 16.4. The molecule has 0 spiro atoms. The Hall–Kier alpha value is -3.12. The van der Waals surface area contributed by atoms with Crippen LogP contribution in [0.1, 0.15) is 35.0 Å². The van der Waals surface area contributed by atoms with Crippen molar-refractivity contribution in [1.82, 2.24) is 19.3 Å². The topological polar surface area (TPSA) is 65.8 Å². The molecule has 29 heavy (non-hydrogen) atoms. The van der Waals surface area contributed by atoms with Gasteiger partial charge in [0.1, 0.15) is 11.6 Å². The number of nitrogens with zero attached hydrogens (tertiary/aromatic N) is 4. The van der Waals surface area contributed by atoms with Crippen LogP contribution in [0, 0.1) is 20.8 Å².